The second-order valence-corrected chi connectivity index (χ2v) is 5.69. The van der Waals surface area contributed by atoms with E-state index in [4.69, 9.17) is 10.00 Å². The Morgan fingerprint density at radius 3 is 3.12 bits per heavy atom. The number of nitrogens with zero attached hydrogens (tertiary/aromatic N) is 3. The van der Waals surface area contributed by atoms with E-state index in [1.54, 1.807) is 10.7 Å². The number of nitrogens with one attached hydrogen (secondary N) is 2. The van der Waals surface area contributed by atoms with Crippen molar-refractivity contribution >= 4 is 11.8 Å². The van der Waals surface area contributed by atoms with Gasteiger partial charge >= 0.3 is 6.03 Å². The fraction of sp³-hybridized carbons (Fsp3) is 0.353. The topological polar surface area (TPSA) is 92.0 Å². The average molecular weight is 325 g/mol. The van der Waals surface area contributed by atoms with Crippen LogP contribution in [-0.2, 0) is 13.0 Å². The third-order valence-electron chi connectivity index (χ3n) is 3.86. The quantitative estimate of drug-likeness (QED) is 0.882. The van der Waals surface area contributed by atoms with Crippen LogP contribution in [0.15, 0.2) is 30.3 Å². The third-order valence-corrected chi connectivity index (χ3v) is 3.86. The molecule has 0 fully saturated rings. The molecule has 0 spiro atoms. The second-order valence-electron chi connectivity index (χ2n) is 5.69. The number of hydrogen-bond acceptors (Lipinski definition) is 4. The van der Waals surface area contributed by atoms with Crippen molar-refractivity contribution in [1.29, 1.82) is 5.26 Å². The zero-order valence-electron chi connectivity index (χ0n) is 13.5. The molecule has 0 saturated heterocycles. The summed E-state index contributed by atoms with van der Waals surface area (Å²) < 4.78 is 7.49. The summed E-state index contributed by atoms with van der Waals surface area (Å²) in [6, 6.07) is 11.4. The molecular formula is C17H19N5O2. The number of fused-ring (bicyclic) bond motifs is 1. The minimum absolute atomic E-state index is 0.0527. The lowest BCUT2D eigenvalue weighted by Crippen LogP contribution is -2.37. The molecular weight excluding hydrogens is 306 g/mol. The van der Waals surface area contributed by atoms with Crippen molar-refractivity contribution in [3.8, 4) is 11.8 Å². The number of para-hydroxylation sites is 1. The van der Waals surface area contributed by atoms with Gasteiger partial charge in [0.1, 0.15) is 11.9 Å². The number of benzene rings is 1. The van der Waals surface area contributed by atoms with Gasteiger partial charge in [-0.1, -0.05) is 18.2 Å². The van der Waals surface area contributed by atoms with E-state index in [0.717, 1.165) is 23.4 Å². The maximum absolute atomic E-state index is 12.0. The van der Waals surface area contributed by atoms with Crippen molar-refractivity contribution in [2.24, 2.45) is 0 Å². The summed E-state index contributed by atoms with van der Waals surface area (Å²) >= 11 is 0. The van der Waals surface area contributed by atoms with Gasteiger partial charge in [0.15, 0.2) is 5.82 Å². The molecule has 7 heteroatoms. The molecule has 7 nitrogen and oxygen atoms in total. The lowest BCUT2D eigenvalue weighted by molar-refractivity contribution is 0.219. The number of amides is 2. The van der Waals surface area contributed by atoms with Gasteiger partial charge in [-0.05, 0) is 18.6 Å². The molecule has 2 N–H and O–H groups in total. The summed E-state index contributed by atoms with van der Waals surface area (Å²) in [4.78, 5) is 12.0. The van der Waals surface area contributed by atoms with Crippen LogP contribution in [0, 0.1) is 18.3 Å². The smallest absolute Gasteiger partial charge is 0.320 e. The van der Waals surface area contributed by atoms with Crippen molar-refractivity contribution in [3.05, 3.63) is 41.6 Å². The van der Waals surface area contributed by atoms with Crippen LogP contribution in [0.1, 0.15) is 17.7 Å². The van der Waals surface area contributed by atoms with Gasteiger partial charge in [0, 0.05) is 18.2 Å². The van der Waals surface area contributed by atoms with Gasteiger partial charge in [0.25, 0.3) is 0 Å². The van der Waals surface area contributed by atoms with Crippen LogP contribution in [-0.4, -0.2) is 28.5 Å². The Morgan fingerprint density at radius 2 is 2.33 bits per heavy atom. The van der Waals surface area contributed by atoms with E-state index < -0.39 is 0 Å². The highest BCUT2D eigenvalue weighted by molar-refractivity contribution is 5.88. The van der Waals surface area contributed by atoms with E-state index >= 15 is 0 Å². The number of nitriles is 1. The summed E-state index contributed by atoms with van der Waals surface area (Å²) in [7, 11) is 0. The Hall–Kier alpha value is -3.01. The molecule has 1 aliphatic rings. The monoisotopic (exact) mass is 325 g/mol. The zero-order chi connectivity index (χ0) is 16.9. The van der Waals surface area contributed by atoms with Crippen LogP contribution >= 0.6 is 0 Å². The number of carbonyl (C=O) groups excluding carboxylic acids is 1. The van der Waals surface area contributed by atoms with Gasteiger partial charge in [-0.2, -0.15) is 10.4 Å². The predicted octanol–water partition coefficient (Wildman–Crippen LogP) is 2.23. The van der Waals surface area contributed by atoms with E-state index in [1.807, 2.05) is 31.2 Å². The van der Waals surface area contributed by atoms with Gasteiger partial charge in [0.05, 0.1) is 25.6 Å². The zero-order valence-corrected chi connectivity index (χ0v) is 13.5. The highest BCUT2D eigenvalue weighted by Gasteiger charge is 2.22. The highest BCUT2D eigenvalue weighted by Crippen LogP contribution is 2.27. The maximum atomic E-state index is 12.0. The van der Waals surface area contributed by atoms with E-state index in [-0.39, 0.29) is 12.1 Å². The molecule has 0 bridgehead atoms. The fourth-order valence-electron chi connectivity index (χ4n) is 2.69. The third kappa shape index (κ3) is 3.66. The van der Waals surface area contributed by atoms with E-state index in [0.29, 0.717) is 25.3 Å². The molecule has 0 radical (unpaired) electrons. The Balaban J connectivity index is 1.48. The molecule has 1 unspecified atom stereocenters. The number of anilines is 1. The molecule has 24 heavy (non-hydrogen) atoms. The lowest BCUT2D eigenvalue weighted by atomic mass is 10.1. The van der Waals surface area contributed by atoms with E-state index in [2.05, 4.69) is 21.8 Å². The predicted molar refractivity (Wildman–Crippen MR) is 88.8 cm³/mol. The van der Waals surface area contributed by atoms with Gasteiger partial charge in [-0.25, -0.2) is 4.79 Å². The van der Waals surface area contributed by atoms with Crippen LogP contribution in [0.2, 0.25) is 0 Å². The first-order valence-electron chi connectivity index (χ1n) is 7.86. The molecule has 0 aliphatic carbocycles. The van der Waals surface area contributed by atoms with Crippen molar-refractivity contribution in [3.63, 3.8) is 0 Å². The Morgan fingerprint density at radius 1 is 1.50 bits per heavy atom. The molecule has 1 aliphatic heterocycles. The minimum atomic E-state index is -0.320. The first kappa shape index (κ1) is 15.9. The van der Waals surface area contributed by atoms with Crippen LogP contribution in [0.5, 0.6) is 5.75 Å². The number of aryl methyl sites for hydroxylation is 2. The summed E-state index contributed by atoms with van der Waals surface area (Å²) in [6.07, 6.45) is 1.12. The van der Waals surface area contributed by atoms with Gasteiger partial charge in [0.2, 0.25) is 0 Å². The molecule has 2 heterocycles. The van der Waals surface area contributed by atoms with Crippen LogP contribution in [0.3, 0.4) is 0 Å². The second kappa shape index (κ2) is 7.04. The number of ether oxygens (including phenoxy) is 1. The summed E-state index contributed by atoms with van der Waals surface area (Å²) in [5, 5.41) is 18.4. The van der Waals surface area contributed by atoms with Gasteiger partial charge in [-0.15, -0.1) is 0 Å². The van der Waals surface area contributed by atoms with Gasteiger partial charge in [-0.3, -0.25) is 10.00 Å². The summed E-state index contributed by atoms with van der Waals surface area (Å²) in [5.74, 6) is 1.36. The van der Waals surface area contributed by atoms with Crippen LogP contribution in [0.25, 0.3) is 0 Å². The number of rotatable bonds is 5. The van der Waals surface area contributed by atoms with Crippen LogP contribution in [0.4, 0.5) is 10.6 Å². The average Bonchev–Trinajstić information content (AvgIpc) is 3.13. The molecule has 2 aromatic rings. The van der Waals surface area contributed by atoms with Crippen molar-refractivity contribution in [1.82, 2.24) is 15.1 Å². The molecule has 2 amide bonds. The Kier molecular flexibility index (Phi) is 4.66. The SMILES string of the molecule is Cc1cc(NC(=O)NCC2Cc3ccccc3O2)nn1CCC#N. The number of hydrogen-bond donors (Lipinski definition) is 2. The molecule has 0 saturated carbocycles. The molecule has 1 aromatic heterocycles. The Bertz CT molecular complexity index is 753. The van der Waals surface area contributed by atoms with E-state index in [9.17, 15) is 4.79 Å². The summed E-state index contributed by atoms with van der Waals surface area (Å²) in [5.41, 5.74) is 2.06. The van der Waals surface area contributed by atoms with E-state index in [1.165, 1.54) is 0 Å². The number of urea groups is 1. The largest absolute Gasteiger partial charge is 0.488 e. The first-order valence-corrected chi connectivity index (χ1v) is 7.86. The molecule has 3 rings (SSSR count). The Labute approximate surface area is 140 Å². The minimum Gasteiger partial charge on any atom is -0.488 e. The van der Waals surface area contributed by atoms with Crippen molar-refractivity contribution in [2.45, 2.75) is 32.4 Å². The lowest BCUT2D eigenvalue weighted by Gasteiger charge is -2.12. The van der Waals surface area contributed by atoms with Gasteiger partial charge < -0.3 is 10.1 Å². The first-order chi connectivity index (χ1) is 11.7. The maximum Gasteiger partial charge on any atom is 0.320 e. The van der Waals surface area contributed by atoms with Crippen molar-refractivity contribution in [2.75, 3.05) is 11.9 Å². The molecule has 124 valence electrons. The van der Waals surface area contributed by atoms with Crippen molar-refractivity contribution < 1.29 is 9.53 Å². The summed E-state index contributed by atoms with van der Waals surface area (Å²) in [6.45, 7) is 2.82. The fourth-order valence-corrected chi connectivity index (χ4v) is 2.69. The standard InChI is InChI=1S/C17H19N5O2/c1-12-9-16(21-22(12)8-4-7-18)20-17(23)19-11-14-10-13-5-2-3-6-15(13)24-14/h2-3,5-6,9,14H,4,8,10-11H2,1H3,(H2,19,20,21,23). The molecule has 1 atom stereocenters. The highest BCUT2D eigenvalue weighted by atomic mass is 16.5. The number of carbonyl (C=O) groups is 1. The van der Waals surface area contributed by atoms with Crippen LogP contribution < -0.4 is 15.4 Å². The number of aromatic nitrogens is 2. The normalized spacial score (nSPS) is 15.2. The molecule has 1 aromatic carbocycles.